The summed E-state index contributed by atoms with van der Waals surface area (Å²) in [5, 5.41) is 9.27. The van der Waals surface area contributed by atoms with Crippen LogP contribution in [-0.4, -0.2) is 33.9 Å². The highest BCUT2D eigenvalue weighted by atomic mass is 35.5. The van der Waals surface area contributed by atoms with Gasteiger partial charge in [-0.05, 0) is 31.0 Å². The van der Waals surface area contributed by atoms with Gasteiger partial charge >= 0.3 is 0 Å². The van der Waals surface area contributed by atoms with E-state index in [1.165, 1.54) is 15.9 Å². The maximum atomic E-state index is 12.4. The number of benzene rings is 1. The zero-order valence-electron chi connectivity index (χ0n) is 11.6. The van der Waals surface area contributed by atoms with Gasteiger partial charge in [0.2, 0.25) is 10.1 Å². The number of nitrogens with zero attached hydrogens (tertiary/aromatic N) is 3. The number of anilines is 1. The van der Waals surface area contributed by atoms with E-state index in [1.54, 1.807) is 18.2 Å². The maximum Gasteiger partial charge on any atom is 0.283 e. The van der Waals surface area contributed by atoms with Crippen LogP contribution in [0.25, 0.3) is 15.9 Å². The average molecular weight is 337 g/mol. The highest BCUT2D eigenvalue weighted by Crippen LogP contribution is 2.21. The van der Waals surface area contributed by atoms with Crippen LogP contribution in [0, 0.1) is 0 Å². The van der Waals surface area contributed by atoms with Gasteiger partial charge < -0.3 is 10.1 Å². The molecule has 1 aliphatic heterocycles. The summed E-state index contributed by atoms with van der Waals surface area (Å²) in [5.74, 6) is 0. The van der Waals surface area contributed by atoms with E-state index in [-0.39, 0.29) is 11.7 Å². The molecule has 2 aromatic heterocycles. The average Bonchev–Trinajstić information content (AvgIpc) is 3.13. The van der Waals surface area contributed by atoms with Crippen molar-refractivity contribution in [2.45, 2.75) is 18.9 Å². The molecule has 1 atom stereocenters. The molecule has 3 aromatic rings. The van der Waals surface area contributed by atoms with Crippen molar-refractivity contribution in [3.8, 4) is 0 Å². The van der Waals surface area contributed by atoms with Gasteiger partial charge in [-0.1, -0.05) is 22.9 Å². The molecule has 1 aliphatic rings. The topological polar surface area (TPSA) is 68.5 Å². The molecule has 6 nitrogen and oxygen atoms in total. The van der Waals surface area contributed by atoms with Crippen LogP contribution in [0.5, 0.6) is 0 Å². The summed E-state index contributed by atoms with van der Waals surface area (Å²) in [7, 11) is 0. The predicted octanol–water partition coefficient (Wildman–Crippen LogP) is 2.55. The van der Waals surface area contributed by atoms with Crippen LogP contribution in [0.4, 0.5) is 5.13 Å². The summed E-state index contributed by atoms with van der Waals surface area (Å²) in [5.41, 5.74) is 0.407. The first-order valence-corrected chi connectivity index (χ1v) is 8.25. The van der Waals surface area contributed by atoms with Gasteiger partial charge in [-0.25, -0.2) is 4.98 Å². The molecule has 0 bridgehead atoms. The van der Waals surface area contributed by atoms with Crippen LogP contribution in [0.15, 0.2) is 23.0 Å². The zero-order valence-corrected chi connectivity index (χ0v) is 13.2. The van der Waals surface area contributed by atoms with Crippen molar-refractivity contribution in [2.75, 3.05) is 18.5 Å². The molecule has 0 radical (unpaired) electrons. The van der Waals surface area contributed by atoms with Crippen LogP contribution in [0.2, 0.25) is 5.02 Å². The molecule has 4 rings (SSSR count). The predicted molar refractivity (Wildman–Crippen MR) is 87.1 cm³/mol. The third-order valence-electron chi connectivity index (χ3n) is 3.66. The molecule has 1 unspecified atom stereocenters. The quantitative estimate of drug-likeness (QED) is 0.796. The lowest BCUT2D eigenvalue weighted by Crippen LogP contribution is -2.19. The molecule has 1 fully saturated rings. The second kappa shape index (κ2) is 5.49. The maximum absolute atomic E-state index is 12.4. The molecule has 0 amide bonds. The number of hydrogen-bond donors (Lipinski definition) is 1. The minimum atomic E-state index is -0.182. The number of rotatable bonds is 3. The Morgan fingerprint density at radius 2 is 2.41 bits per heavy atom. The molecular formula is C14H13ClN4O2S. The molecule has 0 aliphatic carbocycles. The van der Waals surface area contributed by atoms with E-state index in [4.69, 9.17) is 16.3 Å². The Morgan fingerprint density at radius 1 is 1.50 bits per heavy atom. The normalized spacial score (nSPS) is 18.3. The first-order valence-electron chi connectivity index (χ1n) is 7.05. The number of nitrogens with one attached hydrogen (secondary N) is 1. The third-order valence-corrected chi connectivity index (χ3v) is 4.76. The summed E-state index contributed by atoms with van der Waals surface area (Å²) in [6.07, 6.45) is 2.37. The first kappa shape index (κ1) is 13.9. The fraction of sp³-hybridized carbons (Fsp3) is 0.357. The van der Waals surface area contributed by atoms with Crippen molar-refractivity contribution < 1.29 is 4.74 Å². The second-order valence-corrected chi connectivity index (χ2v) is 6.59. The molecule has 1 N–H and O–H groups in total. The fourth-order valence-corrected chi connectivity index (χ4v) is 3.53. The van der Waals surface area contributed by atoms with E-state index in [0.717, 1.165) is 19.4 Å². The van der Waals surface area contributed by atoms with Crippen molar-refractivity contribution >= 4 is 43.9 Å². The minimum absolute atomic E-state index is 0.182. The van der Waals surface area contributed by atoms with Gasteiger partial charge in [0.1, 0.15) is 0 Å². The Labute approximate surface area is 134 Å². The third kappa shape index (κ3) is 2.45. The molecule has 1 saturated heterocycles. The van der Waals surface area contributed by atoms with Gasteiger partial charge in [0.25, 0.3) is 5.56 Å². The van der Waals surface area contributed by atoms with Gasteiger partial charge in [0, 0.05) is 18.2 Å². The van der Waals surface area contributed by atoms with Crippen molar-refractivity contribution in [1.82, 2.24) is 14.6 Å². The fourth-order valence-electron chi connectivity index (χ4n) is 2.56. The lowest BCUT2D eigenvalue weighted by Gasteiger charge is -2.08. The first-order chi connectivity index (χ1) is 10.7. The van der Waals surface area contributed by atoms with E-state index < -0.39 is 0 Å². The van der Waals surface area contributed by atoms with Crippen molar-refractivity contribution in [1.29, 1.82) is 0 Å². The Kier molecular flexibility index (Phi) is 3.48. The number of aromatic nitrogens is 3. The van der Waals surface area contributed by atoms with Crippen LogP contribution in [0.3, 0.4) is 0 Å². The van der Waals surface area contributed by atoms with Crippen molar-refractivity contribution in [3.63, 3.8) is 0 Å². The SMILES string of the molecule is O=c1c2ccc(Cl)cc2nc2sc(NCC3CCCO3)nn12. The van der Waals surface area contributed by atoms with Crippen LogP contribution < -0.4 is 10.9 Å². The Hall–Kier alpha value is -1.70. The van der Waals surface area contributed by atoms with Gasteiger partial charge in [-0.15, -0.1) is 5.10 Å². The smallest absolute Gasteiger partial charge is 0.283 e. The largest absolute Gasteiger partial charge is 0.376 e. The van der Waals surface area contributed by atoms with E-state index in [9.17, 15) is 4.79 Å². The van der Waals surface area contributed by atoms with Crippen molar-refractivity contribution in [2.24, 2.45) is 0 Å². The number of hydrogen-bond acceptors (Lipinski definition) is 6. The lowest BCUT2D eigenvalue weighted by atomic mass is 10.2. The van der Waals surface area contributed by atoms with Crippen molar-refractivity contribution in [3.05, 3.63) is 33.6 Å². The van der Waals surface area contributed by atoms with Crippen LogP contribution >= 0.6 is 22.9 Å². The van der Waals surface area contributed by atoms with E-state index >= 15 is 0 Å². The Morgan fingerprint density at radius 3 is 3.23 bits per heavy atom. The van der Waals surface area contributed by atoms with E-state index in [1.807, 2.05) is 0 Å². The molecule has 0 saturated carbocycles. The number of fused-ring (bicyclic) bond motifs is 2. The molecule has 8 heteroatoms. The highest BCUT2D eigenvalue weighted by Gasteiger charge is 2.16. The molecule has 114 valence electrons. The lowest BCUT2D eigenvalue weighted by molar-refractivity contribution is 0.120. The van der Waals surface area contributed by atoms with Gasteiger partial charge in [0.15, 0.2) is 0 Å². The van der Waals surface area contributed by atoms with Crippen LogP contribution in [0.1, 0.15) is 12.8 Å². The van der Waals surface area contributed by atoms with Gasteiger partial charge in [-0.3, -0.25) is 4.79 Å². The van der Waals surface area contributed by atoms with E-state index in [0.29, 0.717) is 32.6 Å². The molecular weight excluding hydrogens is 324 g/mol. The minimum Gasteiger partial charge on any atom is -0.376 e. The summed E-state index contributed by atoms with van der Waals surface area (Å²) in [6, 6.07) is 5.05. The molecule has 3 heterocycles. The molecule has 0 spiro atoms. The highest BCUT2D eigenvalue weighted by molar-refractivity contribution is 7.20. The van der Waals surface area contributed by atoms with E-state index in [2.05, 4.69) is 15.4 Å². The standard InChI is InChI=1S/C14H13ClN4O2S/c15-8-3-4-10-11(6-8)17-14-19(12(10)20)18-13(22-14)16-7-9-2-1-5-21-9/h3-4,6,9H,1-2,5,7H2,(H,16,18). The van der Waals surface area contributed by atoms with Gasteiger partial charge in [0.05, 0.1) is 17.0 Å². The summed E-state index contributed by atoms with van der Waals surface area (Å²) in [4.78, 5) is 17.5. The summed E-state index contributed by atoms with van der Waals surface area (Å²) < 4.78 is 6.90. The monoisotopic (exact) mass is 336 g/mol. The summed E-state index contributed by atoms with van der Waals surface area (Å²) >= 11 is 7.31. The van der Waals surface area contributed by atoms with Gasteiger partial charge in [-0.2, -0.15) is 4.52 Å². The number of ether oxygens (including phenoxy) is 1. The Bertz CT molecular complexity index is 901. The second-order valence-electron chi connectivity index (χ2n) is 5.20. The molecule has 22 heavy (non-hydrogen) atoms. The molecule has 1 aromatic carbocycles. The van der Waals surface area contributed by atoms with Crippen LogP contribution in [-0.2, 0) is 4.74 Å². The zero-order chi connectivity index (χ0) is 15.1. The number of halogens is 1. The Balaban J connectivity index is 1.71. The summed E-state index contributed by atoms with van der Waals surface area (Å²) in [6.45, 7) is 1.51.